The molecule has 0 saturated heterocycles. The minimum atomic E-state index is -0.227. The third kappa shape index (κ3) is 1.65. The molecule has 0 bridgehead atoms. The molecular weight excluding hydrogens is 254 g/mol. The van der Waals surface area contributed by atoms with Gasteiger partial charge in [-0.3, -0.25) is 0 Å². The third-order valence-electron chi connectivity index (χ3n) is 3.58. The molecule has 20 heavy (non-hydrogen) atoms. The Balaban J connectivity index is 2.00. The zero-order valence-corrected chi connectivity index (χ0v) is 10.8. The molecule has 1 aliphatic heterocycles. The maximum atomic E-state index is 12.1. The molecule has 100 valence electrons. The van der Waals surface area contributed by atoms with Crippen LogP contribution < -0.4 is 11.0 Å². The maximum Gasteiger partial charge on any atom is 0.348 e. The van der Waals surface area contributed by atoms with E-state index in [2.05, 4.69) is 20.4 Å². The molecule has 0 radical (unpaired) electrons. The van der Waals surface area contributed by atoms with E-state index in [4.69, 9.17) is 0 Å². The Bertz CT molecular complexity index is 834. The van der Waals surface area contributed by atoms with Crippen molar-refractivity contribution < 1.29 is 0 Å². The van der Waals surface area contributed by atoms with Gasteiger partial charge in [0.05, 0.1) is 0 Å². The van der Waals surface area contributed by atoms with Crippen LogP contribution in [0.15, 0.2) is 35.1 Å². The minimum absolute atomic E-state index is 0.227. The predicted molar refractivity (Wildman–Crippen MR) is 74.5 cm³/mol. The van der Waals surface area contributed by atoms with Crippen LogP contribution in [0, 0.1) is 0 Å². The highest BCUT2D eigenvalue weighted by atomic mass is 16.1. The van der Waals surface area contributed by atoms with E-state index in [0.29, 0.717) is 18.0 Å². The van der Waals surface area contributed by atoms with Crippen LogP contribution in [0.4, 0.5) is 0 Å². The molecule has 4 rings (SSSR count). The highest BCUT2D eigenvalue weighted by molar-refractivity contribution is 5.60. The predicted octanol–water partition coefficient (Wildman–Crippen LogP) is 0.730. The van der Waals surface area contributed by atoms with Crippen LogP contribution in [0.1, 0.15) is 11.3 Å². The molecule has 1 aromatic carbocycles. The lowest BCUT2D eigenvalue weighted by Crippen LogP contribution is -2.30. The fourth-order valence-electron chi connectivity index (χ4n) is 2.58. The average Bonchev–Trinajstić information content (AvgIpc) is 2.94. The molecule has 0 atom stereocenters. The SMILES string of the molecule is O=c1[nH]c2c(c3nc(-c4ccccc4)nn13)CNCC2. The summed E-state index contributed by atoms with van der Waals surface area (Å²) in [5, 5.41) is 7.62. The second-order valence-electron chi connectivity index (χ2n) is 4.85. The Labute approximate surface area is 114 Å². The summed E-state index contributed by atoms with van der Waals surface area (Å²) in [6.07, 6.45) is 0.814. The van der Waals surface area contributed by atoms with Gasteiger partial charge in [0.2, 0.25) is 0 Å². The number of nitrogens with zero attached hydrogens (tertiary/aromatic N) is 3. The van der Waals surface area contributed by atoms with Crippen LogP contribution in [-0.2, 0) is 13.0 Å². The summed E-state index contributed by atoms with van der Waals surface area (Å²) in [6, 6.07) is 9.68. The number of fused-ring (bicyclic) bond motifs is 3. The number of nitrogens with one attached hydrogen (secondary N) is 2. The third-order valence-corrected chi connectivity index (χ3v) is 3.58. The zero-order chi connectivity index (χ0) is 13.5. The number of rotatable bonds is 1. The molecule has 3 heterocycles. The maximum absolute atomic E-state index is 12.1. The standard InChI is InChI=1S/C14H13N5O/c20-14-16-11-6-7-15-8-10(11)13-17-12(18-19(13)14)9-4-2-1-3-5-9/h1-5,15H,6-8H2,(H,16,20). The normalized spacial score (nSPS) is 14.4. The Morgan fingerprint density at radius 2 is 2.05 bits per heavy atom. The van der Waals surface area contributed by atoms with Gasteiger partial charge in [-0.15, -0.1) is 5.10 Å². The van der Waals surface area contributed by atoms with Gasteiger partial charge in [-0.2, -0.15) is 4.52 Å². The van der Waals surface area contributed by atoms with E-state index in [-0.39, 0.29) is 5.69 Å². The van der Waals surface area contributed by atoms with Gasteiger partial charge in [0, 0.05) is 36.3 Å². The van der Waals surface area contributed by atoms with E-state index in [1.165, 1.54) is 4.52 Å². The van der Waals surface area contributed by atoms with Gasteiger partial charge < -0.3 is 10.3 Å². The van der Waals surface area contributed by atoms with E-state index in [1.807, 2.05) is 30.3 Å². The molecule has 0 saturated carbocycles. The van der Waals surface area contributed by atoms with E-state index in [0.717, 1.165) is 29.8 Å². The highest BCUT2D eigenvalue weighted by Gasteiger charge is 2.18. The van der Waals surface area contributed by atoms with Gasteiger partial charge in [0.25, 0.3) is 0 Å². The van der Waals surface area contributed by atoms with E-state index >= 15 is 0 Å². The van der Waals surface area contributed by atoms with Gasteiger partial charge in [0.1, 0.15) is 0 Å². The van der Waals surface area contributed by atoms with Crippen molar-refractivity contribution >= 4 is 5.65 Å². The van der Waals surface area contributed by atoms with Crippen LogP contribution in [0.25, 0.3) is 17.0 Å². The number of H-pyrrole nitrogens is 1. The van der Waals surface area contributed by atoms with Crippen LogP contribution in [-0.4, -0.2) is 26.1 Å². The van der Waals surface area contributed by atoms with Crippen molar-refractivity contribution in [3.05, 3.63) is 52.1 Å². The lowest BCUT2D eigenvalue weighted by molar-refractivity contribution is 0.621. The van der Waals surface area contributed by atoms with Crippen LogP contribution in [0.5, 0.6) is 0 Å². The summed E-state index contributed by atoms with van der Waals surface area (Å²) in [4.78, 5) is 19.5. The van der Waals surface area contributed by atoms with Crippen molar-refractivity contribution in [2.45, 2.75) is 13.0 Å². The number of hydrogen-bond acceptors (Lipinski definition) is 4. The van der Waals surface area contributed by atoms with Crippen molar-refractivity contribution in [3.8, 4) is 11.4 Å². The first-order chi connectivity index (χ1) is 9.83. The molecular formula is C14H13N5O. The molecule has 0 aliphatic carbocycles. The molecule has 6 nitrogen and oxygen atoms in total. The minimum Gasteiger partial charge on any atom is -0.312 e. The van der Waals surface area contributed by atoms with Gasteiger partial charge in [-0.1, -0.05) is 30.3 Å². The van der Waals surface area contributed by atoms with E-state index < -0.39 is 0 Å². The average molecular weight is 267 g/mol. The fourth-order valence-corrected chi connectivity index (χ4v) is 2.58. The van der Waals surface area contributed by atoms with Crippen molar-refractivity contribution in [3.63, 3.8) is 0 Å². The van der Waals surface area contributed by atoms with Crippen LogP contribution in [0.2, 0.25) is 0 Å². The smallest absolute Gasteiger partial charge is 0.312 e. The lowest BCUT2D eigenvalue weighted by atomic mass is 10.1. The topological polar surface area (TPSA) is 75.1 Å². The molecule has 0 unspecified atom stereocenters. The largest absolute Gasteiger partial charge is 0.348 e. The van der Waals surface area contributed by atoms with Crippen molar-refractivity contribution in [1.82, 2.24) is 24.9 Å². The van der Waals surface area contributed by atoms with Crippen molar-refractivity contribution in [2.75, 3.05) is 6.54 Å². The van der Waals surface area contributed by atoms with E-state index in [1.54, 1.807) is 0 Å². The summed E-state index contributed by atoms with van der Waals surface area (Å²) < 4.78 is 1.36. The van der Waals surface area contributed by atoms with Crippen LogP contribution >= 0.6 is 0 Å². The first-order valence-corrected chi connectivity index (χ1v) is 6.60. The van der Waals surface area contributed by atoms with Gasteiger partial charge in [-0.25, -0.2) is 9.78 Å². The molecule has 2 aromatic heterocycles. The number of aromatic nitrogens is 4. The Morgan fingerprint density at radius 1 is 1.20 bits per heavy atom. The first-order valence-electron chi connectivity index (χ1n) is 6.60. The molecule has 3 aromatic rings. The van der Waals surface area contributed by atoms with Gasteiger partial charge in [0.15, 0.2) is 11.5 Å². The Kier molecular flexibility index (Phi) is 2.43. The van der Waals surface area contributed by atoms with Gasteiger partial charge in [-0.05, 0) is 0 Å². The zero-order valence-electron chi connectivity index (χ0n) is 10.8. The summed E-state index contributed by atoms with van der Waals surface area (Å²) in [5.41, 5.74) is 3.33. The summed E-state index contributed by atoms with van der Waals surface area (Å²) in [5.74, 6) is 0.579. The molecule has 0 spiro atoms. The molecule has 2 N–H and O–H groups in total. The molecule has 0 fully saturated rings. The fraction of sp³-hybridized carbons (Fsp3) is 0.214. The lowest BCUT2D eigenvalue weighted by Gasteiger charge is -2.16. The number of hydrogen-bond donors (Lipinski definition) is 2. The molecule has 6 heteroatoms. The van der Waals surface area contributed by atoms with Crippen molar-refractivity contribution in [1.29, 1.82) is 0 Å². The van der Waals surface area contributed by atoms with Gasteiger partial charge >= 0.3 is 5.69 Å². The quantitative estimate of drug-likeness (QED) is 0.681. The second kappa shape index (κ2) is 4.28. The molecule has 1 aliphatic rings. The van der Waals surface area contributed by atoms with E-state index in [9.17, 15) is 4.79 Å². The monoisotopic (exact) mass is 267 g/mol. The van der Waals surface area contributed by atoms with Crippen LogP contribution in [0.3, 0.4) is 0 Å². The molecule has 0 amide bonds. The summed E-state index contributed by atoms with van der Waals surface area (Å²) in [7, 11) is 0. The van der Waals surface area contributed by atoms with Crippen molar-refractivity contribution in [2.24, 2.45) is 0 Å². The number of benzene rings is 1. The first kappa shape index (κ1) is 11.4. The number of aromatic amines is 1. The Morgan fingerprint density at radius 3 is 2.90 bits per heavy atom. The summed E-state index contributed by atoms with van der Waals surface area (Å²) in [6.45, 7) is 1.58. The summed E-state index contributed by atoms with van der Waals surface area (Å²) >= 11 is 0. The Hall–Kier alpha value is -2.47. The second-order valence-corrected chi connectivity index (χ2v) is 4.85. The highest BCUT2D eigenvalue weighted by Crippen LogP contribution is 2.19.